The molecule has 0 spiro atoms. The van der Waals surface area contributed by atoms with Crippen molar-refractivity contribution < 1.29 is 13.2 Å². The van der Waals surface area contributed by atoms with Gasteiger partial charge in [-0.25, -0.2) is 4.85 Å². The molecule has 0 bridgehead atoms. The van der Waals surface area contributed by atoms with Gasteiger partial charge in [-0.05, 0) is 107 Å². The summed E-state index contributed by atoms with van der Waals surface area (Å²) in [5, 5.41) is 44.4. The van der Waals surface area contributed by atoms with E-state index in [0.717, 1.165) is 44.7 Å². The lowest BCUT2D eigenvalue weighted by atomic mass is 9.95. The van der Waals surface area contributed by atoms with Gasteiger partial charge in [0.2, 0.25) is 0 Å². The maximum atomic E-state index is 14.7. The Labute approximate surface area is 370 Å². The predicted octanol–water partition coefficient (Wildman–Crippen LogP) is 14.2. The quantitative estimate of drug-likeness (QED) is 0.161. The summed E-state index contributed by atoms with van der Waals surface area (Å²) < 4.78 is 48.0. The smallest absolute Gasteiger partial charge is 0.309 e. The first-order chi connectivity index (χ1) is 31.5. The minimum absolute atomic E-state index is 0.236. The average molecular weight is 844 g/mol. The number of hydrogen-bond donors (Lipinski definition) is 0. The number of rotatable bonds is 5. The third kappa shape index (κ3) is 6.49. The Balaban J connectivity index is 1.32. The van der Waals surface area contributed by atoms with Gasteiger partial charge in [0.1, 0.15) is 6.07 Å². The molecule has 2 heterocycles. The Hall–Kier alpha value is -9.40. The molecule has 0 fully saturated rings. The van der Waals surface area contributed by atoms with E-state index < -0.39 is 11.7 Å². The molecule has 10 heteroatoms. The van der Waals surface area contributed by atoms with Crippen molar-refractivity contribution >= 4 is 49.3 Å². The largest absolute Gasteiger partial charge is 0.416 e. The van der Waals surface area contributed by atoms with Gasteiger partial charge < -0.3 is 9.13 Å². The number of aryl methyl sites for hydroxylation is 1. The lowest BCUT2D eigenvalue weighted by Crippen LogP contribution is -2.07. The van der Waals surface area contributed by atoms with Crippen LogP contribution in [0.1, 0.15) is 33.4 Å². The van der Waals surface area contributed by atoms with Crippen LogP contribution in [0.15, 0.2) is 152 Å². The number of benzene rings is 8. The van der Waals surface area contributed by atoms with Gasteiger partial charge in [0.05, 0.1) is 80.5 Å². The van der Waals surface area contributed by atoms with Gasteiger partial charge in [-0.15, -0.1) is 0 Å². The van der Waals surface area contributed by atoms with Crippen molar-refractivity contribution in [3.8, 4) is 69.0 Å². The molecule has 0 saturated carbocycles. The summed E-state index contributed by atoms with van der Waals surface area (Å²) in [6, 6.07) is 53.2. The molecule has 65 heavy (non-hydrogen) atoms. The fourth-order valence-electron chi connectivity index (χ4n) is 9.07. The molecule has 0 unspecified atom stereocenters. The molecule has 8 aromatic carbocycles. The van der Waals surface area contributed by atoms with Gasteiger partial charge in [0.25, 0.3) is 0 Å². The summed E-state index contributed by atoms with van der Waals surface area (Å²) in [5.41, 5.74) is 8.11. The number of nitrogens with zero attached hydrogens (tertiary/aromatic N) is 7. The van der Waals surface area contributed by atoms with Crippen molar-refractivity contribution in [2.45, 2.75) is 13.1 Å². The minimum Gasteiger partial charge on any atom is -0.309 e. The number of nitriles is 4. The van der Waals surface area contributed by atoms with Crippen LogP contribution in [0.4, 0.5) is 18.9 Å². The Kier molecular flexibility index (Phi) is 9.29. The number of aromatic nitrogens is 2. The second-order valence-electron chi connectivity index (χ2n) is 15.7. The molecule has 7 nitrogen and oxygen atoms in total. The van der Waals surface area contributed by atoms with Gasteiger partial charge in [-0.3, -0.25) is 0 Å². The molecule has 0 amide bonds. The third-order valence-corrected chi connectivity index (χ3v) is 11.9. The Bertz CT molecular complexity index is 3910. The van der Waals surface area contributed by atoms with Crippen molar-refractivity contribution in [2.24, 2.45) is 0 Å². The Morgan fingerprint density at radius 3 is 1.60 bits per heavy atom. The molecular weight excluding hydrogens is 816 g/mol. The summed E-state index contributed by atoms with van der Waals surface area (Å²) in [6.07, 6.45) is -4.66. The zero-order chi connectivity index (χ0) is 45.1. The van der Waals surface area contributed by atoms with E-state index >= 15 is 0 Å². The summed E-state index contributed by atoms with van der Waals surface area (Å²) in [6.45, 7) is 9.11. The van der Waals surface area contributed by atoms with E-state index in [1.54, 1.807) is 55.5 Å². The molecule has 0 radical (unpaired) electrons. The summed E-state index contributed by atoms with van der Waals surface area (Å²) in [5.74, 6) is 0. The van der Waals surface area contributed by atoms with Crippen molar-refractivity contribution in [3.63, 3.8) is 0 Å². The molecule has 10 rings (SSSR count). The van der Waals surface area contributed by atoms with Crippen LogP contribution in [0.2, 0.25) is 0 Å². The van der Waals surface area contributed by atoms with Gasteiger partial charge in [-0.1, -0.05) is 84.9 Å². The molecule has 0 aliphatic rings. The van der Waals surface area contributed by atoms with E-state index in [9.17, 15) is 34.2 Å². The van der Waals surface area contributed by atoms with Crippen LogP contribution >= 0.6 is 0 Å². The second kappa shape index (κ2) is 15.2. The summed E-state index contributed by atoms with van der Waals surface area (Å²) in [7, 11) is 0. The van der Waals surface area contributed by atoms with Crippen LogP contribution in [0.3, 0.4) is 0 Å². The van der Waals surface area contributed by atoms with Crippen LogP contribution in [0, 0.1) is 58.8 Å². The fourth-order valence-corrected chi connectivity index (χ4v) is 9.07. The molecule has 0 aliphatic carbocycles. The molecular formula is C55H28F3N7. The van der Waals surface area contributed by atoms with Crippen molar-refractivity contribution in [2.75, 3.05) is 0 Å². The topological polar surface area (TPSA) is 109 Å². The van der Waals surface area contributed by atoms with Crippen LogP contribution in [-0.4, -0.2) is 9.13 Å². The van der Waals surface area contributed by atoms with E-state index in [-0.39, 0.29) is 11.1 Å². The number of hydrogen-bond acceptors (Lipinski definition) is 4. The standard InChI is InChI=1S/C55H28F3N7/c1-32-19-36(22-40(20-32)55(56,57)58)48-27-51(64-49-9-5-3-7-44(49)46-16-12-34(24-52(46)64)42-15-11-33(28-59)21-37(42)29-60)39(31-62)26-54(48)65-50-10-6-4-8-45(50)47-17-13-35(25-53(47)65)43-18-14-41(63-2)23-38(43)30-61/h3-27H,1H3. The highest BCUT2D eigenvalue weighted by Gasteiger charge is 2.32. The first-order valence-electron chi connectivity index (χ1n) is 20.2. The van der Waals surface area contributed by atoms with E-state index in [1.165, 1.54) is 6.07 Å². The second-order valence-corrected chi connectivity index (χ2v) is 15.7. The Morgan fingerprint density at radius 1 is 0.477 bits per heavy atom. The summed E-state index contributed by atoms with van der Waals surface area (Å²) >= 11 is 0. The van der Waals surface area contributed by atoms with Crippen LogP contribution in [-0.2, 0) is 6.18 Å². The first-order valence-corrected chi connectivity index (χ1v) is 20.2. The lowest BCUT2D eigenvalue weighted by Gasteiger charge is -2.20. The van der Waals surface area contributed by atoms with E-state index in [1.807, 2.05) is 94.1 Å². The molecule has 0 aliphatic heterocycles. The zero-order valence-electron chi connectivity index (χ0n) is 34.2. The maximum absolute atomic E-state index is 14.7. The number of halogens is 3. The zero-order valence-corrected chi connectivity index (χ0v) is 34.2. The van der Waals surface area contributed by atoms with Gasteiger partial charge in [0.15, 0.2) is 5.69 Å². The van der Waals surface area contributed by atoms with Gasteiger partial charge in [0, 0.05) is 32.7 Å². The van der Waals surface area contributed by atoms with E-state index in [0.29, 0.717) is 78.2 Å². The highest BCUT2D eigenvalue weighted by molar-refractivity contribution is 6.12. The number of fused-ring (bicyclic) bond motifs is 6. The number of alkyl halides is 3. The lowest BCUT2D eigenvalue weighted by molar-refractivity contribution is -0.137. The van der Waals surface area contributed by atoms with E-state index in [4.69, 9.17) is 6.57 Å². The highest BCUT2D eigenvalue weighted by Crippen LogP contribution is 2.44. The predicted molar refractivity (Wildman–Crippen MR) is 246 cm³/mol. The van der Waals surface area contributed by atoms with Crippen LogP contribution in [0.25, 0.3) is 93.2 Å². The van der Waals surface area contributed by atoms with Crippen LogP contribution < -0.4 is 0 Å². The maximum Gasteiger partial charge on any atom is 0.416 e. The summed E-state index contributed by atoms with van der Waals surface area (Å²) in [4.78, 5) is 3.49. The molecule has 0 N–H and O–H groups in total. The molecule has 304 valence electrons. The van der Waals surface area contributed by atoms with Gasteiger partial charge in [-0.2, -0.15) is 34.2 Å². The molecule has 0 atom stereocenters. The van der Waals surface area contributed by atoms with Crippen molar-refractivity contribution in [1.29, 1.82) is 21.0 Å². The SMILES string of the molecule is [C-]#[N+]c1ccc(-c2ccc3c4ccccc4n(-c4cc(C#N)c(-n5c6ccccc6c6ccc(-c7ccc(C#N)cc7C#N)cc65)cc4-c4cc(C)cc(C(F)(F)F)c4)c3c2)c(C#N)c1. The number of para-hydroxylation sites is 2. The van der Waals surface area contributed by atoms with E-state index in [2.05, 4.69) is 29.1 Å². The van der Waals surface area contributed by atoms with Crippen LogP contribution in [0.5, 0.6) is 0 Å². The third-order valence-electron chi connectivity index (χ3n) is 11.9. The minimum atomic E-state index is -4.66. The normalized spacial score (nSPS) is 11.3. The average Bonchev–Trinajstić information content (AvgIpc) is 3.84. The van der Waals surface area contributed by atoms with Crippen molar-refractivity contribution in [3.05, 3.63) is 196 Å². The fraction of sp³-hybridized carbons (Fsp3) is 0.0364. The molecule has 0 saturated heterocycles. The molecule has 10 aromatic rings. The van der Waals surface area contributed by atoms with Crippen molar-refractivity contribution in [1.82, 2.24) is 9.13 Å². The Morgan fingerprint density at radius 2 is 1.03 bits per heavy atom. The van der Waals surface area contributed by atoms with Gasteiger partial charge >= 0.3 is 6.18 Å². The monoisotopic (exact) mass is 843 g/mol. The highest BCUT2D eigenvalue weighted by atomic mass is 19.4. The first kappa shape index (κ1) is 39.7. The molecule has 2 aromatic heterocycles.